The van der Waals surface area contributed by atoms with Gasteiger partial charge in [-0.3, -0.25) is 0 Å². The Morgan fingerprint density at radius 1 is 1.39 bits per heavy atom. The maximum Gasteiger partial charge on any atom is 0.129 e. The van der Waals surface area contributed by atoms with E-state index in [1.807, 2.05) is 12.1 Å². The van der Waals surface area contributed by atoms with Crippen molar-refractivity contribution >= 4 is 15.9 Å². The number of benzene rings is 1. The van der Waals surface area contributed by atoms with Gasteiger partial charge < -0.3 is 15.3 Å². The fourth-order valence-electron chi connectivity index (χ4n) is 2.38. The lowest BCUT2D eigenvalue weighted by Crippen LogP contribution is -2.42. The molecule has 0 radical (unpaired) electrons. The molecule has 1 heterocycles. The van der Waals surface area contributed by atoms with Gasteiger partial charge in [-0.2, -0.15) is 0 Å². The molecule has 0 bridgehead atoms. The molecule has 1 aliphatic heterocycles. The van der Waals surface area contributed by atoms with Gasteiger partial charge in [0.15, 0.2) is 0 Å². The number of rotatable bonds is 4. The summed E-state index contributed by atoms with van der Waals surface area (Å²) in [5.74, 6) is 0.301. The van der Waals surface area contributed by atoms with Crippen LogP contribution in [0.25, 0.3) is 0 Å². The summed E-state index contributed by atoms with van der Waals surface area (Å²) in [5, 5.41) is 13.0. The molecule has 0 unspecified atom stereocenters. The van der Waals surface area contributed by atoms with Gasteiger partial charge in [0.2, 0.25) is 0 Å². The number of phenols is 1. The number of hydrogen-bond acceptors (Lipinski definition) is 3. The van der Waals surface area contributed by atoms with Crippen molar-refractivity contribution < 1.29 is 5.11 Å². The molecule has 3 nitrogen and oxygen atoms in total. The zero-order valence-electron chi connectivity index (χ0n) is 10.8. The fraction of sp³-hybridized carbons (Fsp3) is 0.571. The van der Waals surface area contributed by atoms with Crippen molar-refractivity contribution in [3.8, 4) is 5.75 Å². The highest BCUT2D eigenvalue weighted by atomic mass is 79.9. The van der Waals surface area contributed by atoms with E-state index in [9.17, 15) is 5.11 Å². The molecule has 1 aliphatic rings. The van der Waals surface area contributed by atoms with Crippen molar-refractivity contribution in [1.82, 2.24) is 10.2 Å². The van der Waals surface area contributed by atoms with E-state index < -0.39 is 0 Å². The van der Waals surface area contributed by atoms with Crippen molar-refractivity contribution in [2.24, 2.45) is 0 Å². The van der Waals surface area contributed by atoms with Gasteiger partial charge in [-0.15, -0.1) is 0 Å². The zero-order chi connectivity index (χ0) is 13.0. The third-order valence-electron chi connectivity index (χ3n) is 3.64. The molecule has 0 atom stereocenters. The van der Waals surface area contributed by atoms with Crippen molar-refractivity contribution in [1.29, 1.82) is 0 Å². The Labute approximate surface area is 117 Å². The summed E-state index contributed by atoms with van der Waals surface area (Å²) in [4.78, 5) is 2.50. The lowest BCUT2D eigenvalue weighted by molar-refractivity contribution is 0.206. The molecule has 2 rings (SSSR count). The van der Waals surface area contributed by atoms with Crippen molar-refractivity contribution in [2.45, 2.75) is 32.4 Å². The molecular weight excluding hydrogens is 292 g/mol. The van der Waals surface area contributed by atoms with E-state index in [1.165, 1.54) is 31.5 Å². The van der Waals surface area contributed by atoms with Crippen LogP contribution in [0.5, 0.6) is 5.75 Å². The van der Waals surface area contributed by atoms with Gasteiger partial charge in [-0.05, 0) is 66.1 Å². The highest BCUT2D eigenvalue weighted by Crippen LogP contribution is 2.24. The summed E-state index contributed by atoms with van der Waals surface area (Å²) in [7, 11) is 0. The second kappa shape index (κ2) is 6.55. The molecule has 4 heteroatoms. The summed E-state index contributed by atoms with van der Waals surface area (Å²) in [6.07, 6.45) is 2.46. The molecule has 18 heavy (non-hydrogen) atoms. The largest absolute Gasteiger partial charge is 0.507 e. The number of likely N-dealkylation sites (tertiary alicyclic amines) is 1. The van der Waals surface area contributed by atoms with Gasteiger partial charge in [0, 0.05) is 12.6 Å². The monoisotopic (exact) mass is 312 g/mol. The molecule has 0 amide bonds. The molecule has 0 aromatic heterocycles. The summed E-state index contributed by atoms with van der Waals surface area (Å²) < 4.78 is 0.766. The average molecular weight is 313 g/mol. The fourth-order valence-corrected chi connectivity index (χ4v) is 2.80. The molecule has 0 spiro atoms. The highest BCUT2D eigenvalue weighted by Gasteiger charge is 2.17. The predicted molar refractivity (Wildman–Crippen MR) is 77.8 cm³/mol. The number of nitrogens with one attached hydrogen (secondary N) is 1. The Bertz CT molecular complexity index is 389. The Kier molecular flexibility index (Phi) is 5.03. The molecular formula is C14H21BrN2O. The minimum atomic E-state index is 0.301. The van der Waals surface area contributed by atoms with Crippen molar-refractivity contribution in [2.75, 3.05) is 19.6 Å². The molecule has 0 saturated carbocycles. The molecule has 1 fully saturated rings. The topological polar surface area (TPSA) is 35.5 Å². The smallest absolute Gasteiger partial charge is 0.129 e. The van der Waals surface area contributed by atoms with Gasteiger partial charge in [-0.25, -0.2) is 0 Å². The number of halogens is 1. The third-order valence-corrected chi connectivity index (χ3v) is 4.28. The molecule has 1 aromatic rings. The molecule has 0 aliphatic carbocycles. The minimum absolute atomic E-state index is 0.301. The van der Waals surface area contributed by atoms with Gasteiger partial charge in [0.25, 0.3) is 0 Å². The quantitative estimate of drug-likeness (QED) is 0.897. The number of hydrogen-bond donors (Lipinski definition) is 2. The van der Waals surface area contributed by atoms with Crippen molar-refractivity contribution in [3.63, 3.8) is 0 Å². The molecule has 1 aromatic carbocycles. The van der Waals surface area contributed by atoms with E-state index in [0.717, 1.165) is 17.6 Å². The van der Waals surface area contributed by atoms with E-state index in [1.54, 1.807) is 6.07 Å². The van der Waals surface area contributed by atoms with Crippen LogP contribution in [0, 0.1) is 0 Å². The van der Waals surface area contributed by atoms with E-state index >= 15 is 0 Å². The maximum atomic E-state index is 9.44. The van der Waals surface area contributed by atoms with Crippen LogP contribution >= 0.6 is 15.9 Å². The van der Waals surface area contributed by atoms with Crippen LogP contribution in [0.4, 0.5) is 0 Å². The first-order chi connectivity index (χ1) is 8.69. The predicted octanol–water partition coefficient (Wildman–Crippen LogP) is 2.73. The van der Waals surface area contributed by atoms with E-state index in [0.29, 0.717) is 11.8 Å². The summed E-state index contributed by atoms with van der Waals surface area (Å²) in [6, 6.07) is 6.30. The summed E-state index contributed by atoms with van der Waals surface area (Å²) in [6.45, 7) is 6.66. The van der Waals surface area contributed by atoms with Crippen LogP contribution in [0.1, 0.15) is 25.3 Å². The lowest BCUT2D eigenvalue weighted by atomic mass is 10.0. The number of phenolic OH excluding ortho intramolecular Hbond substituents is 1. The number of nitrogens with zero attached hydrogens (tertiary/aromatic N) is 1. The summed E-state index contributed by atoms with van der Waals surface area (Å²) in [5.41, 5.74) is 1.21. The maximum absolute atomic E-state index is 9.44. The average Bonchev–Trinajstić information content (AvgIpc) is 2.41. The SMILES string of the molecule is CCN1CCC(NCc2ccc(O)c(Br)c2)CC1. The first-order valence-electron chi connectivity index (χ1n) is 6.62. The first-order valence-corrected chi connectivity index (χ1v) is 7.41. The van der Waals surface area contributed by atoms with Crippen LogP contribution in [-0.2, 0) is 6.54 Å². The van der Waals surface area contributed by atoms with E-state index in [4.69, 9.17) is 0 Å². The van der Waals surface area contributed by atoms with Crippen LogP contribution < -0.4 is 5.32 Å². The normalized spacial score (nSPS) is 18.1. The van der Waals surface area contributed by atoms with Crippen LogP contribution in [0.3, 0.4) is 0 Å². The van der Waals surface area contributed by atoms with Gasteiger partial charge in [0.05, 0.1) is 4.47 Å². The third kappa shape index (κ3) is 3.70. The minimum Gasteiger partial charge on any atom is -0.507 e. The Morgan fingerprint density at radius 3 is 2.72 bits per heavy atom. The van der Waals surface area contributed by atoms with E-state index in [2.05, 4.69) is 33.1 Å². The van der Waals surface area contributed by atoms with Crippen LogP contribution in [0.15, 0.2) is 22.7 Å². The first kappa shape index (κ1) is 13.8. The lowest BCUT2D eigenvalue weighted by Gasteiger charge is -2.31. The molecule has 100 valence electrons. The second-order valence-corrected chi connectivity index (χ2v) is 5.73. The standard InChI is InChI=1S/C14H21BrN2O/c1-2-17-7-5-12(6-8-17)16-10-11-3-4-14(18)13(15)9-11/h3-4,9,12,16,18H,2,5-8,10H2,1H3. The Hall–Kier alpha value is -0.580. The molecule has 2 N–H and O–H groups in total. The second-order valence-electron chi connectivity index (χ2n) is 4.88. The van der Waals surface area contributed by atoms with Crippen LogP contribution in [0.2, 0.25) is 0 Å². The van der Waals surface area contributed by atoms with E-state index in [-0.39, 0.29) is 0 Å². The Morgan fingerprint density at radius 2 is 2.11 bits per heavy atom. The van der Waals surface area contributed by atoms with Crippen molar-refractivity contribution in [3.05, 3.63) is 28.2 Å². The van der Waals surface area contributed by atoms with Gasteiger partial charge >= 0.3 is 0 Å². The Balaban J connectivity index is 1.79. The van der Waals surface area contributed by atoms with Gasteiger partial charge in [-0.1, -0.05) is 13.0 Å². The van der Waals surface area contributed by atoms with Crippen LogP contribution in [-0.4, -0.2) is 35.7 Å². The van der Waals surface area contributed by atoms with Gasteiger partial charge in [0.1, 0.15) is 5.75 Å². The number of piperidine rings is 1. The molecule has 1 saturated heterocycles. The summed E-state index contributed by atoms with van der Waals surface area (Å²) >= 11 is 3.34. The highest BCUT2D eigenvalue weighted by molar-refractivity contribution is 9.10. The number of aromatic hydroxyl groups is 1. The zero-order valence-corrected chi connectivity index (χ0v) is 12.4.